The zero-order chi connectivity index (χ0) is 9.84. The third-order valence-corrected chi connectivity index (χ3v) is 1.51. The molecule has 72 valence electrons. The molecule has 0 saturated heterocycles. The molecule has 0 amide bonds. The molecule has 0 fully saturated rings. The van der Waals surface area contributed by atoms with Crippen LogP contribution in [0.25, 0.3) is 0 Å². The summed E-state index contributed by atoms with van der Waals surface area (Å²) in [6, 6.07) is 0. The minimum absolute atomic E-state index is 0.180. The van der Waals surface area contributed by atoms with Gasteiger partial charge in [-0.15, -0.1) is 0 Å². The van der Waals surface area contributed by atoms with Crippen molar-refractivity contribution < 1.29 is 13.9 Å². The van der Waals surface area contributed by atoms with Gasteiger partial charge < -0.3 is 4.74 Å². The third-order valence-electron chi connectivity index (χ3n) is 1.51. The zero-order valence-corrected chi connectivity index (χ0v) is 7.53. The van der Waals surface area contributed by atoms with Gasteiger partial charge in [0.05, 0.1) is 12.8 Å². The van der Waals surface area contributed by atoms with Crippen molar-refractivity contribution in [2.24, 2.45) is 7.05 Å². The first-order valence-electron chi connectivity index (χ1n) is 3.94. The minimum Gasteiger partial charge on any atom is -0.464 e. The van der Waals surface area contributed by atoms with Crippen molar-refractivity contribution in [2.45, 2.75) is 13.1 Å². The predicted octanol–water partition coefficient (Wildman–Crippen LogP) is 0.994. The van der Waals surface area contributed by atoms with E-state index in [-0.39, 0.29) is 12.2 Å². The number of hydrogen-bond acceptors (Lipinski definition) is 3. The Balaban J connectivity index is 2.67. The fourth-order valence-electron chi connectivity index (χ4n) is 0.923. The number of esters is 1. The molecular formula is C8H11FN2O2. The molecular weight excluding hydrogens is 175 g/mol. The third kappa shape index (κ3) is 2.27. The van der Waals surface area contributed by atoms with E-state index in [1.54, 1.807) is 14.0 Å². The molecule has 1 heterocycles. The first-order valence-corrected chi connectivity index (χ1v) is 3.94. The minimum atomic E-state index is -1.73. The highest BCUT2D eigenvalue weighted by molar-refractivity contribution is 5.76. The summed E-state index contributed by atoms with van der Waals surface area (Å²) in [6.07, 6.45) is 1.03. The summed E-state index contributed by atoms with van der Waals surface area (Å²) in [5, 5.41) is 3.75. The smallest absolute Gasteiger partial charge is 0.345 e. The molecule has 4 nitrogen and oxygen atoms in total. The van der Waals surface area contributed by atoms with Gasteiger partial charge in [0.25, 0.3) is 0 Å². The molecule has 1 unspecified atom stereocenters. The highest BCUT2D eigenvalue weighted by Gasteiger charge is 2.21. The number of carbonyl (C=O) groups excluding carboxylic acids is 1. The highest BCUT2D eigenvalue weighted by atomic mass is 19.1. The Kier molecular flexibility index (Phi) is 3.00. The number of nitrogens with zero attached hydrogens (tertiary/aromatic N) is 2. The molecule has 0 aliphatic carbocycles. The normalized spacial score (nSPS) is 12.5. The van der Waals surface area contributed by atoms with Crippen molar-refractivity contribution in [1.29, 1.82) is 0 Å². The molecule has 5 heteroatoms. The number of ether oxygens (including phenoxy) is 1. The molecule has 0 aromatic carbocycles. The van der Waals surface area contributed by atoms with Crippen LogP contribution >= 0.6 is 0 Å². The molecule has 1 rings (SSSR count). The lowest BCUT2D eigenvalue weighted by molar-refractivity contribution is -0.149. The molecule has 0 saturated carbocycles. The van der Waals surface area contributed by atoms with Gasteiger partial charge in [0.2, 0.25) is 6.17 Å². The number of halogens is 1. The van der Waals surface area contributed by atoms with E-state index < -0.39 is 12.1 Å². The van der Waals surface area contributed by atoms with Crippen LogP contribution in [0.1, 0.15) is 18.7 Å². The predicted molar refractivity (Wildman–Crippen MR) is 43.7 cm³/mol. The molecule has 0 bridgehead atoms. The lowest BCUT2D eigenvalue weighted by Gasteiger charge is -2.03. The Labute approximate surface area is 75.3 Å². The first kappa shape index (κ1) is 9.70. The summed E-state index contributed by atoms with van der Waals surface area (Å²) in [7, 11) is 1.65. The zero-order valence-electron chi connectivity index (χ0n) is 7.53. The molecule has 0 aliphatic heterocycles. The fraction of sp³-hybridized carbons (Fsp3) is 0.500. The number of hydrogen-bond donors (Lipinski definition) is 0. The molecule has 0 spiro atoms. The average molecular weight is 186 g/mol. The Morgan fingerprint density at radius 1 is 1.85 bits per heavy atom. The summed E-state index contributed by atoms with van der Waals surface area (Å²) in [5.74, 6) is -0.865. The number of aryl methyl sites for hydroxylation is 1. The lowest BCUT2D eigenvalue weighted by Crippen LogP contribution is -2.11. The van der Waals surface area contributed by atoms with Gasteiger partial charge in [-0.25, -0.2) is 9.18 Å². The van der Waals surface area contributed by atoms with Crippen LogP contribution in [0.3, 0.4) is 0 Å². The van der Waals surface area contributed by atoms with Crippen LogP contribution < -0.4 is 0 Å². The van der Waals surface area contributed by atoms with Crippen molar-refractivity contribution in [3.8, 4) is 0 Å². The van der Waals surface area contributed by atoms with Crippen LogP contribution in [0.15, 0.2) is 12.4 Å². The Hall–Kier alpha value is -1.39. The van der Waals surface area contributed by atoms with Crippen LogP contribution in [0.2, 0.25) is 0 Å². The Bertz CT molecular complexity index is 298. The van der Waals surface area contributed by atoms with Gasteiger partial charge in [-0.05, 0) is 6.92 Å². The molecule has 0 N–H and O–H groups in total. The topological polar surface area (TPSA) is 44.1 Å². The van der Waals surface area contributed by atoms with Crippen LogP contribution in [0.5, 0.6) is 0 Å². The molecule has 13 heavy (non-hydrogen) atoms. The molecule has 1 atom stereocenters. The van der Waals surface area contributed by atoms with Crippen molar-refractivity contribution in [3.63, 3.8) is 0 Å². The van der Waals surface area contributed by atoms with Crippen molar-refractivity contribution >= 4 is 5.97 Å². The maximum atomic E-state index is 13.2. The fourth-order valence-corrected chi connectivity index (χ4v) is 0.923. The van der Waals surface area contributed by atoms with E-state index in [0.29, 0.717) is 0 Å². The second kappa shape index (κ2) is 4.02. The average Bonchev–Trinajstić information content (AvgIpc) is 2.51. The summed E-state index contributed by atoms with van der Waals surface area (Å²) < 4.78 is 19.1. The number of aromatic nitrogens is 2. The van der Waals surface area contributed by atoms with E-state index in [2.05, 4.69) is 9.84 Å². The maximum Gasteiger partial charge on any atom is 0.345 e. The van der Waals surface area contributed by atoms with Gasteiger partial charge in [0.15, 0.2) is 0 Å². The highest BCUT2D eigenvalue weighted by Crippen LogP contribution is 2.17. The van der Waals surface area contributed by atoms with E-state index >= 15 is 0 Å². The SMILES string of the molecule is CCOC(=O)C(F)c1cnn(C)c1. The Morgan fingerprint density at radius 3 is 3.00 bits per heavy atom. The summed E-state index contributed by atoms with van der Waals surface area (Å²) >= 11 is 0. The maximum absolute atomic E-state index is 13.2. The van der Waals surface area contributed by atoms with E-state index in [1.807, 2.05) is 0 Å². The van der Waals surface area contributed by atoms with Crippen LogP contribution in [0, 0.1) is 0 Å². The van der Waals surface area contributed by atoms with Crippen LogP contribution in [-0.2, 0) is 16.6 Å². The summed E-state index contributed by atoms with van der Waals surface area (Å²) in [4.78, 5) is 10.9. The lowest BCUT2D eigenvalue weighted by atomic mass is 10.2. The Morgan fingerprint density at radius 2 is 2.54 bits per heavy atom. The number of alkyl halides is 1. The van der Waals surface area contributed by atoms with Crippen molar-refractivity contribution in [3.05, 3.63) is 18.0 Å². The van der Waals surface area contributed by atoms with Crippen LogP contribution in [0.4, 0.5) is 4.39 Å². The van der Waals surface area contributed by atoms with Gasteiger partial charge in [-0.2, -0.15) is 5.10 Å². The van der Waals surface area contributed by atoms with Gasteiger partial charge in [-0.1, -0.05) is 0 Å². The second-order valence-electron chi connectivity index (χ2n) is 2.56. The van der Waals surface area contributed by atoms with Crippen LogP contribution in [-0.4, -0.2) is 22.4 Å². The van der Waals surface area contributed by atoms with E-state index in [0.717, 1.165) is 0 Å². The van der Waals surface area contributed by atoms with Gasteiger partial charge in [0, 0.05) is 18.8 Å². The molecule has 0 aliphatic rings. The van der Waals surface area contributed by atoms with E-state index in [4.69, 9.17) is 0 Å². The van der Waals surface area contributed by atoms with E-state index in [1.165, 1.54) is 17.1 Å². The van der Waals surface area contributed by atoms with Gasteiger partial charge in [-0.3, -0.25) is 4.68 Å². The van der Waals surface area contributed by atoms with Crippen molar-refractivity contribution in [1.82, 2.24) is 9.78 Å². The number of rotatable bonds is 3. The molecule has 1 aromatic heterocycles. The van der Waals surface area contributed by atoms with Crippen molar-refractivity contribution in [2.75, 3.05) is 6.61 Å². The number of carbonyl (C=O) groups is 1. The monoisotopic (exact) mass is 186 g/mol. The van der Waals surface area contributed by atoms with Gasteiger partial charge >= 0.3 is 5.97 Å². The van der Waals surface area contributed by atoms with E-state index in [9.17, 15) is 9.18 Å². The molecule has 1 aromatic rings. The molecule has 0 radical (unpaired) electrons. The van der Waals surface area contributed by atoms with Gasteiger partial charge in [0.1, 0.15) is 0 Å². The second-order valence-corrected chi connectivity index (χ2v) is 2.56. The standard InChI is InChI=1S/C8H11FN2O2/c1-3-13-8(12)7(9)6-4-10-11(2)5-6/h4-5,7H,3H2,1-2H3. The summed E-state index contributed by atoms with van der Waals surface area (Å²) in [6.45, 7) is 1.81. The quantitative estimate of drug-likeness (QED) is 0.661. The first-order chi connectivity index (χ1) is 6.15. The summed E-state index contributed by atoms with van der Waals surface area (Å²) in [5.41, 5.74) is 0.223. The largest absolute Gasteiger partial charge is 0.464 e.